The van der Waals surface area contributed by atoms with E-state index in [-0.39, 0.29) is 30.2 Å². The number of nitrogens with zero attached hydrogens (tertiary/aromatic N) is 2. The number of aryl methyl sites for hydroxylation is 1. The summed E-state index contributed by atoms with van der Waals surface area (Å²) in [5.74, 6) is -0.577. The summed E-state index contributed by atoms with van der Waals surface area (Å²) in [4.78, 5) is 25.2. The highest BCUT2D eigenvalue weighted by molar-refractivity contribution is 7.89. The summed E-state index contributed by atoms with van der Waals surface area (Å²) in [6.07, 6.45) is 0.684. The van der Waals surface area contributed by atoms with Crippen LogP contribution in [0.25, 0.3) is 0 Å². The molecule has 0 atom stereocenters. The van der Waals surface area contributed by atoms with Gasteiger partial charge in [-0.2, -0.15) is 4.31 Å². The molecular weight excluding hydrogens is 344 g/mol. The van der Waals surface area contributed by atoms with Gasteiger partial charge in [0, 0.05) is 32.6 Å². The van der Waals surface area contributed by atoms with Gasteiger partial charge in [-0.3, -0.25) is 9.59 Å². The monoisotopic (exact) mass is 368 g/mol. The molecule has 0 radical (unpaired) electrons. The summed E-state index contributed by atoms with van der Waals surface area (Å²) >= 11 is 0. The van der Waals surface area contributed by atoms with E-state index in [1.165, 1.54) is 11.4 Å². The van der Waals surface area contributed by atoms with Gasteiger partial charge in [-0.15, -0.1) is 0 Å². The molecule has 8 heteroatoms. The minimum atomic E-state index is -3.57. The number of methoxy groups -OCH3 is 1. The first-order chi connectivity index (χ1) is 11.8. The lowest BCUT2D eigenvalue weighted by atomic mass is 10.2. The average molecular weight is 368 g/mol. The second-order valence-electron chi connectivity index (χ2n) is 6.03. The fourth-order valence-corrected chi connectivity index (χ4v) is 4.35. The number of amides is 1. The molecular formula is C17H24N2O5S. The van der Waals surface area contributed by atoms with Crippen LogP contribution in [0.2, 0.25) is 0 Å². The van der Waals surface area contributed by atoms with Crippen LogP contribution >= 0.6 is 0 Å². The number of benzene rings is 1. The predicted octanol–water partition coefficient (Wildman–Crippen LogP) is 1.17. The molecule has 0 aliphatic carbocycles. The highest BCUT2D eigenvalue weighted by atomic mass is 32.2. The third kappa shape index (κ3) is 5.02. The van der Waals surface area contributed by atoms with Crippen LogP contribution in [-0.4, -0.2) is 62.8 Å². The molecule has 0 saturated carbocycles. The summed E-state index contributed by atoms with van der Waals surface area (Å²) < 4.78 is 31.5. The van der Waals surface area contributed by atoms with Gasteiger partial charge >= 0.3 is 5.97 Å². The minimum Gasteiger partial charge on any atom is -0.469 e. The van der Waals surface area contributed by atoms with Gasteiger partial charge in [0.05, 0.1) is 18.4 Å². The van der Waals surface area contributed by atoms with Crippen molar-refractivity contribution in [2.45, 2.75) is 31.1 Å². The quantitative estimate of drug-likeness (QED) is 0.729. The number of carbonyl (C=O) groups excluding carboxylic acids is 2. The summed E-state index contributed by atoms with van der Waals surface area (Å²) in [6, 6.07) is 6.82. The number of ether oxygens (including phenoxy) is 1. The van der Waals surface area contributed by atoms with Gasteiger partial charge in [-0.05, 0) is 31.0 Å². The topological polar surface area (TPSA) is 84.0 Å². The molecule has 0 bridgehead atoms. The maximum Gasteiger partial charge on any atom is 0.306 e. The molecule has 1 aliphatic rings. The van der Waals surface area contributed by atoms with Gasteiger partial charge < -0.3 is 9.64 Å². The van der Waals surface area contributed by atoms with Gasteiger partial charge in [-0.1, -0.05) is 12.1 Å². The molecule has 1 aromatic carbocycles. The van der Waals surface area contributed by atoms with Crippen molar-refractivity contribution in [3.8, 4) is 0 Å². The van der Waals surface area contributed by atoms with Gasteiger partial charge in [0.2, 0.25) is 15.9 Å². The van der Waals surface area contributed by atoms with Gasteiger partial charge in [0.25, 0.3) is 0 Å². The van der Waals surface area contributed by atoms with Crippen molar-refractivity contribution in [2.24, 2.45) is 0 Å². The lowest BCUT2D eigenvalue weighted by Gasteiger charge is -2.22. The fraction of sp³-hybridized carbons (Fsp3) is 0.529. The van der Waals surface area contributed by atoms with Crippen molar-refractivity contribution in [3.63, 3.8) is 0 Å². The van der Waals surface area contributed by atoms with Gasteiger partial charge in [0.1, 0.15) is 0 Å². The third-order valence-electron chi connectivity index (χ3n) is 4.21. The lowest BCUT2D eigenvalue weighted by Crippen LogP contribution is -2.37. The second kappa shape index (κ2) is 8.44. The van der Waals surface area contributed by atoms with Crippen LogP contribution in [0.4, 0.5) is 0 Å². The maximum atomic E-state index is 12.8. The smallest absolute Gasteiger partial charge is 0.306 e. The standard InChI is InChI=1S/C17H24N2O5S/c1-14-5-3-6-15(13-14)25(22,23)19-10-4-9-18(11-12-19)16(20)7-8-17(21)24-2/h3,5-6,13H,4,7-12H2,1-2H3. The molecule has 1 saturated heterocycles. The molecule has 1 aromatic rings. The Balaban J connectivity index is 2.01. The van der Waals surface area contributed by atoms with E-state index in [1.54, 1.807) is 23.1 Å². The van der Waals surface area contributed by atoms with Gasteiger partial charge in [0.15, 0.2) is 0 Å². The molecule has 2 rings (SSSR count). The zero-order chi connectivity index (χ0) is 18.4. The van der Waals surface area contributed by atoms with E-state index in [9.17, 15) is 18.0 Å². The largest absolute Gasteiger partial charge is 0.469 e. The SMILES string of the molecule is COC(=O)CCC(=O)N1CCCN(S(=O)(=O)c2cccc(C)c2)CC1. The van der Waals surface area contributed by atoms with Crippen molar-refractivity contribution < 1.29 is 22.7 Å². The van der Waals surface area contributed by atoms with Crippen molar-refractivity contribution in [1.82, 2.24) is 9.21 Å². The van der Waals surface area contributed by atoms with Crippen LogP contribution in [0.1, 0.15) is 24.8 Å². The molecule has 1 fully saturated rings. The van der Waals surface area contributed by atoms with E-state index in [1.807, 2.05) is 13.0 Å². The Kier molecular flexibility index (Phi) is 6.55. The van der Waals surface area contributed by atoms with Crippen LogP contribution in [-0.2, 0) is 24.3 Å². The van der Waals surface area contributed by atoms with Crippen LogP contribution < -0.4 is 0 Å². The molecule has 25 heavy (non-hydrogen) atoms. The number of sulfonamides is 1. The first-order valence-electron chi connectivity index (χ1n) is 8.26. The number of esters is 1. The van der Waals surface area contributed by atoms with Crippen molar-refractivity contribution >= 4 is 21.9 Å². The van der Waals surface area contributed by atoms with Crippen molar-refractivity contribution in [2.75, 3.05) is 33.3 Å². The summed E-state index contributed by atoms with van der Waals surface area (Å²) in [6.45, 7) is 3.28. The van der Waals surface area contributed by atoms with E-state index < -0.39 is 16.0 Å². The molecule has 138 valence electrons. The highest BCUT2D eigenvalue weighted by Crippen LogP contribution is 2.19. The number of rotatable bonds is 5. The van der Waals surface area contributed by atoms with E-state index in [2.05, 4.69) is 4.74 Å². The fourth-order valence-electron chi connectivity index (χ4n) is 2.78. The number of hydrogen-bond acceptors (Lipinski definition) is 5. The zero-order valence-corrected chi connectivity index (χ0v) is 15.4. The maximum absolute atomic E-state index is 12.8. The zero-order valence-electron chi connectivity index (χ0n) is 14.6. The molecule has 0 spiro atoms. The Morgan fingerprint density at radius 2 is 1.88 bits per heavy atom. The Labute approximate surface area is 148 Å². The summed E-state index contributed by atoms with van der Waals surface area (Å²) in [5, 5.41) is 0. The van der Waals surface area contributed by atoms with E-state index in [4.69, 9.17) is 0 Å². The molecule has 7 nitrogen and oxygen atoms in total. The normalized spacial score (nSPS) is 16.3. The molecule has 1 aliphatic heterocycles. The Bertz CT molecular complexity index is 732. The van der Waals surface area contributed by atoms with Crippen LogP contribution in [0, 0.1) is 6.92 Å². The Morgan fingerprint density at radius 3 is 2.56 bits per heavy atom. The Hall–Kier alpha value is -1.93. The number of carbonyl (C=O) groups is 2. The average Bonchev–Trinajstić information content (AvgIpc) is 2.86. The van der Waals surface area contributed by atoms with Crippen molar-refractivity contribution in [3.05, 3.63) is 29.8 Å². The molecule has 1 heterocycles. The second-order valence-corrected chi connectivity index (χ2v) is 7.97. The van der Waals surface area contributed by atoms with Crippen LogP contribution in [0.5, 0.6) is 0 Å². The van der Waals surface area contributed by atoms with E-state index in [0.717, 1.165) is 5.56 Å². The first kappa shape index (κ1) is 19.4. The molecule has 1 amide bonds. The van der Waals surface area contributed by atoms with E-state index >= 15 is 0 Å². The highest BCUT2D eigenvalue weighted by Gasteiger charge is 2.28. The van der Waals surface area contributed by atoms with Crippen LogP contribution in [0.15, 0.2) is 29.2 Å². The number of hydrogen-bond donors (Lipinski definition) is 0. The summed E-state index contributed by atoms with van der Waals surface area (Å²) in [7, 11) is -2.28. The summed E-state index contributed by atoms with van der Waals surface area (Å²) in [5.41, 5.74) is 0.885. The van der Waals surface area contributed by atoms with Gasteiger partial charge in [-0.25, -0.2) is 8.42 Å². The third-order valence-corrected chi connectivity index (χ3v) is 6.10. The van der Waals surface area contributed by atoms with Crippen LogP contribution in [0.3, 0.4) is 0 Å². The predicted molar refractivity (Wildman–Crippen MR) is 92.4 cm³/mol. The first-order valence-corrected chi connectivity index (χ1v) is 9.70. The lowest BCUT2D eigenvalue weighted by molar-refractivity contribution is -0.143. The molecule has 0 N–H and O–H groups in total. The molecule has 0 aromatic heterocycles. The minimum absolute atomic E-state index is 0.0388. The van der Waals surface area contributed by atoms with Crippen molar-refractivity contribution in [1.29, 1.82) is 0 Å². The van der Waals surface area contributed by atoms with E-state index in [0.29, 0.717) is 26.1 Å². The Morgan fingerprint density at radius 1 is 1.12 bits per heavy atom. The molecule has 0 unspecified atom stereocenters.